The molecule has 2 saturated heterocycles. The second kappa shape index (κ2) is 5.99. The van der Waals surface area contributed by atoms with Crippen molar-refractivity contribution in [2.24, 2.45) is 0 Å². The van der Waals surface area contributed by atoms with Crippen molar-refractivity contribution in [1.29, 1.82) is 0 Å². The number of likely N-dealkylation sites (tertiary alicyclic amines) is 1. The summed E-state index contributed by atoms with van der Waals surface area (Å²) < 4.78 is 11.6. The normalized spacial score (nSPS) is 28.9. The molecular weight excluding hydrogens is 274 g/mol. The number of ether oxygens (including phenoxy) is 2. The molecule has 2 heterocycles. The van der Waals surface area contributed by atoms with Crippen LogP contribution in [0, 0.1) is 0 Å². The molecule has 2 aromatic carbocycles. The third kappa shape index (κ3) is 2.43. The maximum Gasteiger partial charge on any atom is 0.0992 e. The van der Waals surface area contributed by atoms with Gasteiger partial charge in [-0.3, -0.25) is 4.90 Å². The van der Waals surface area contributed by atoms with Gasteiger partial charge in [0.1, 0.15) is 0 Å². The van der Waals surface area contributed by atoms with Gasteiger partial charge in [0.25, 0.3) is 0 Å². The molecule has 3 atom stereocenters. The Bertz CT molecular complexity index is 651. The van der Waals surface area contributed by atoms with Crippen molar-refractivity contribution in [2.45, 2.75) is 37.6 Å². The minimum Gasteiger partial charge on any atom is -0.379 e. The van der Waals surface area contributed by atoms with E-state index in [0.29, 0.717) is 6.04 Å². The summed E-state index contributed by atoms with van der Waals surface area (Å²) in [6.45, 7) is 2.95. The largest absolute Gasteiger partial charge is 0.379 e. The summed E-state index contributed by atoms with van der Waals surface area (Å²) in [6.07, 6.45) is 2.68. The van der Waals surface area contributed by atoms with Gasteiger partial charge in [-0.15, -0.1) is 0 Å². The molecule has 0 spiro atoms. The highest BCUT2D eigenvalue weighted by Crippen LogP contribution is 2.32. The van der Waals surface area contributed by atoms with Crippen LogP contribution in [0.5, 0.6) is 0 Å². The minimum atomic E-state index is 0.244. The van der Waals surface area contributed by atoms with E-state index in [1.54, 1.807) is 0 Å². The molecule has 0 aromatic heterocycles. The fourth-order valence-corrected chi connectivity index (χ4v) is 4.07. The zero-order valence-electron chi connectivity index (χ0n) is 13.1. The first-order valence-electron chi connectivity index (χ1n) is 8.22. The van der Waals surface area contributed by atoms with E-state index in [9.17, 15) is 0 Å². The van der Waals surface area contributed by atoms with Crippen molar-refractivity contribution in [2.75, 3.05) is 20.3 Å². The predicted molar refractivity (Wildman–Crippen MR) is 87.9 cm³/mol. The lowest BCUT2D eigenvalue weighted by atomic mass is 9.94. The molecule has 0 bridgehead atoms. The van der Waals surface area contributed by atoms with Crippen molar-refractivity contribution >= 4 is 10.8 Å². The molecule has 2 aliphatic heterocycles. The van der Waals surface area contributed by atoms with Crippen LogP contribution >= 0.6 is 0 Å². The van der Waals surface area contributed by atoms with Crippen LogP contribution < -0.4 is 0 Å². The SMILES string of the molecule is CO[C@@H]1CCN(Cc2cccc3ccccc23)[C@H]2CCO[C@H]12. The summed E-state index contributed by atoms with van der Waals surface area (Å²) in [4.78, 5) is 2.59. The summed E-state index contributed by atoms with van der Waals surface area (Å²) >= 11 is 0. The number of hydrogen-bond donors (Lipinski definition) is 0. The molecule has 22 heavy (non-hydrogen) atoms. The maximum atomic E-state index is 5.95. The molecule has 0 amide bonds. The Morgan fingerprint density at radius 2 is 2.00 bits per heavy atom. The Morgan fingerprint density at radius 1 is 1.14 bits per heavy atom. The fourth-order valence-electron chi connectivity index (χ4n) is 4.07. The number of hydrogen-bond acceptors (Lipinski definition) is 3. The quantitative estimate of drug-likeness (QED) is 0.868. The van der Waals surface area contributed by atoms with Crippen LogP contribution in [0.25, 0.3) is 10.8 Å². The third-order valence-electron chi connectivity index (χ3n) is 5.20. The van der Waals surface area contributed by atoms with E-state index in [4.69, 9.17) is 9.47 Å². The van der Waals surface area contributed by atoms with Crippen LogP contribution in [0.4, 0.5) is 0 Å². The zero-order valence-corrected chi connectivity index (χ0v) is 13.1. The number of rotatable bonds is 3. The van der Waals surface area contributed by atoms with Crippen molar-refractivity contribution < 1.29 is 9.47 Å². The molecule has 0 aliphatic carbocycles. The van der Waals surface area contributed by atoms with Gasteiger partial charge in [0.2, 0.25) is 0 Å². The molecule has 3 nitrogen and oxygen atoms in total. The smallest absolute Gasteiger partial charge is 0.0992 e. The monoisotopic (exact) mass is 297 g/mol. The summed E-state index contributed by atoms with van der Waals surface area (Å²) in [5.74, 6) is 0. The highest BCUT2D eigenvalue weighted by molar-refractivity contribution is 5.85. The van der Waals surface area contributed by atoms with Gasteiger partial charge in [-0.25, -0.2) is 0 Å². The second-order valence-electron chi connectivity index (χ2n) is 6.36. The van der Waals surface area contributed by atoms with Crippen LogP contribution in [-0.2, 0) is 16.0 Å². The van der Waals surface area contributed by atoms with E-state index < -0.39 is 0 Å². The molecule has 4 rings (SSSR count). The van der Waals surface area contributed by atoms with Crippen molar-refractivity contribution in [3.05, 3.63) is 48.0 Å². The van der Waals surface area contributed by atoms with E-state index in [0.717, 1.165) is 32.5 Å². The van der Waals surface area contributed by atoms with Crippen molar-refractivity contribution in [3.8, 4) is 0 Å². The Kier molecular flexibility index (Phi) is 3.87. The van der Waals surface area contributed by atoms with Gasteiger partial charge in [0, 0.05) is 32.8 Å². The van der Waals surface area contributed by atoms with E-state index in [1.165, 1.54) is 16.3 Å². The molecule has 0 unspecified atom stereocenters. The molecule has 0 N–H and O–H groups in total. The van der Waals surface area contributed by atoms with Crippen LogP contribution in [0.2, 0.25) is 0 Å². The van der Waals surface area contributed by atoms with E-state index in [-0.39, 0.29) is 12.2 Å². The molecule has 2 aromatic rings. The Labute approximate surface area is 131 Å². The van der Waals surface area contributed by atoms with Crippen LogP contribution in [0.3, 0.4) is 0 Å². The first kappa shape index (κ1) is 14.2. The van der Waals surface area contributed by atoms with E-state index in [2.05, 4.69) is 47.4 Å². The standard InChI is InChI=1S/C19H23NO2/c1-21-18-9-11-20(17-10-12-22-19(17)18)13-15-7-4-6-14-5-2-3-8-16(14)15/h2-8,17-19H,9-13H2,1H3/t17-,18+,19-/m0/s1. The number of methoxy groups -OCH3 is 1. The van der Waals surface area contributed by atoms with E-state index in [1.807, 2.05) is 7.11 Å². The van der Waals surface area contributed by atoms with Gasteiger partial charge >= 0.3 is 0 Å². The average molecular weight is 297 g/mol. The molecule has 3 heteroatoms. The van der Waals surface area contributed by atoms with Gasteiger partial charge in [0.15, 0.2) is 0 Å². The van der Waals surface area contributed by atoms with Crippen LogP contribution in [0.15, 0.2) is 42.5 Å². The zero-order chi connectivity index (χ0) is 14.9. The Morgan fingerprint density at radius 3 is 2.91 bits per heavy atom. The fraction of sp³-hybridized carbons (Fsp3) is 0.474. The summed E-state index contributed by atoms with van der Waals surface area (Å²) in [5, 5.41) is 2.69. The van der Waals surface area contributed by atoms with Gasteiger partial charge in [-0.2, -0.15) is 0 Å². The lowest BCUT2D eigenvalue weighted by Gasteiger charge is -2.40. The van der Waals surface area contributed by atoms with Crippen molar-refractivity contribution in [3.63, 3.8) is 0 Å². The Balaban J connectivity index is 1.60. The lowest BCUT2D eigenvalue weighted by Crippen LogP contribution is -2.52. The highest BCUT2D eigenvalue weighted by Gasteiger charge is 2.42. The van der Waals surface area contributed by atoms with Crippen LogP contribution in [-0.4, -0.2) is 43.4 Å². The van der Waals surface area contributed by atoms with Crippen molar-refractivity contribution in [1.82, 2.24) is 4.90 Å². The van der Waals surface area contributed by atoms with Gasteiger partial charge in [-0.05, 0) is 29.2 Å². The van der Waals surface area contributed by atoms with E-state index >= 15 is 0 Å². The minimum absolute atomic E-state index is 0.244. The molecule has 2 aliphatic rings. The Hall–Kier alpha value is -1.42. The number of fused-ring (bicyclic) bond motifs is 2. The highest BCUT2D eigenvalue weighted by atomic mass is 16.5. The lowest BCUT2D eigenvalue weighted by molar-refractivity contribution is -0.0844. The first-order valence-corrected chi connectivity index (χ1v) is 8.22. The third-order valence-corrected chi connectivity index (χ3v) is 5.20. The molecular formula is C19H23NO2. The van der Waals surface area contributed by atoms with Gasteiger partial charge in [-0.1, -0.05) is 42.5 Å². The number of nitrogens with zero attached hydrogens (tertiary/aromatic N) is 1. The van der Waals surface area contributed by atoms with Gasteiger partial charge in [0.05, 0.1) is 12.2 Å². The first-order chi connectivity index (χ1) is 10.9. The molecule has 0 radical (unpaired) electrons. The summed E-state index contributed by atoms with van der Waals surface area (Å²) in [6, 6.07) is 15.8. The molecule has 0 saturated carbocycles. The second-order valence-corrected chi connectivity index (χ2v) is 6.36. The molecule has 116 valence electrons. The number of benzene rings is 2. The average Bonchev–Trinajstić information content (AvgIpc) is 3.06. The molecule has 2 fully saturated rings. The predicted octanol–water partition coefficient (Wildman–Crippen LogP) is 3.22. The summed E-state index contributed by atoms with van der Waals surface area (Å²) in [7, 11) is 1.81. The topological polar surface area (TPSA) is 21.7 Å². The van der Waals surface area contributed by atoms with Crippen LogP contribution in [0.1, 0.15) is 18.4 Å². The maximum absolute atomic E-state index is 5.95. The number of piperidine rings is 1. The van der Waals surface area contributed by atoms with Gasteiger partial charge < -0.3 is 9.47 Å². The summed E-state index contributed by atoms with van der Waals surface area (Å²) in [5.41, 5.74) is 1.42.